The fourth-order valence-corrected chi connectivity index (χ4v) is 2.37. The van der Waals surface area contributed by atoms with Crippen LogP contribution in [-0.4, -0.2) is 23.8 Å². The van der Waals surface area contributed by atoms with Crippen molar-refractivity contribution in [2.75, 3.05) is 6.61 Å². The number of aromatic nitrogens is 1. The predicted molar refractivity (Wildman–Crippen MR) is 83.1 cm³/mol. The number of carbonyl (C=O) groups excluding carboxylic acids is 1. The largest absolute Gasteiger partial charge is 0.441 e. The van der Waals surface area contributed by atoms with E-state index in [1.54, 1.807) is 6.20 Å². The Balaban J connectivity index is 1.43. The van der Waals surface area contributed by atoms with E-state index >= 15 is 0 Å². The summed E-state index contributed by atoms with van der Waals surface area (Å²) in [6, 6.07) is 9.73. The minimum absolute atomic E-state index is 0.210. The number of carbonyl (C=O) groups is 1. The van der Waals surface area contributed by atoms with Crippen LogP contribution in [0, 0.1) is 0 Å². The third kappa shape index (κ3) is 4.64. The highest BCUT2D eigenvalue weighted by Gasteiger charge is 2.16. The predicted octanol–water partition coefficient (Wildman–Crippen LogP) is 2.85. The number of hydroxylamine groups is 1. The smallest absolute Gasteiger partial charge is 0.244 e. The maximum Gasteiger partial charge on any atom is 0.244 e. The lowest BCUT2D eigenvalue weighted by molar-refractivity contribution is -0.200. The van der Waals surface area contributed by atoms with Crippen molar-refractivity contribution < 1.29 is 18.8 Å². The number of ether oxygens (including phenoxy) is 1. The van der Waals surface area contributed by atoms with Crippen molar-refractivity contribution in [3.8, 4) is 11.3 Å². The van der Waals surface area contributed by atoms with Crippen molar-refractivity contribution in [1.29, 1.82) is 0 Å². The van der Waals surface area contributed by atoms with E-state index in [9.17, 15) is 4.79 Å². The van der Waals surface area contributed by atoms with Gasteiger partial charge in [-0.15, -0.1) is 0 Å². The van der Waals surface area contributed by atoms with Gasteiger partial charge in [0.25, 0.3) is 0 Å². The Morgan fingerprint density at radius 3 is 2.96 bits per heavy atom. The number of benzene rings is 1. The van der Waals surface area contributed by atoms with Gasteiger partial charge in [0.1, 0.15) is 0 Å². The number of nitrogens with one attached hydrogen (secondary N) is 1. The molecule has 1 fully saturated rings. The van der Waals surface area contributed by atoms with Crippen LogP contribution < -0.4 is 5.48 Å². The Labute approximate surface area is 134 Å². The van der Waals surface area contributed by atoms with Gasteiger partial charge in [-0.3, -0.25) is 4.79 Å². The number of nitrogens with zero attached hydrogens (tertiary/aromatic N) is 1. The molecule has 6 nitrogen and oxygen atoms in total. The molecule has 0 radical (unpaired) electrons. The Bertz CT molecular complexity index is 621. The van der Waals surface area contributed by atoms with E-state index in [0.29, 0.717) is 24.7 Å². The van der Waals surface area contributed by atoms with Gasteiger partial charge in [0.05, 0.1) is 6.20 Å². The second-order valence-corrected chi connectivity index (χ2v) is 5.42. The molecular weight excluding hydrogens is 296 g/mol. The van der Waals surface area contributed by atoms with E-state index in [0.717, 1.165) is 24.8 Å². The van der Waals surface area contributed by atoms with Gasteiger partial charge in [-0.2, -0.15) is 0 Å². The van der Waals surface area contributed by atoms with Gasteiger partial charge in [0.2, 0.25) is 5.91 Å². The van der Waals surface area contributed by atoms with Crippen molar-refractivity contribution >= 4 is 5.91 Å². The third-order valence-corrected chi connectivity index (χ3v) is 3.62. The van der Waals surface area contributed by atoms with Crippen LogP contribution in [0.2, 0.25) is 0 Å². The maximum absolute atomic E-state index is 11.8. The quantitative estimate of drug-likeness (QED) is 0.830. The number of rotatable bonds is 6. The number of hydrogen-bond donors (Lipinski definition) is 1. The Morgan fingerprint density at radius 2 is 2.17 bits per heavy atom. The second-order valence-electron chi connectivity index (χ2n) is 5.42. The molecule has 0 saturated carbocycles. The summed E-state index contributed by atoms with van der Waals surface area (Å²) in [7, 11) is 0. The normalized spacial score (nSPS) is 17.8. The molecule has 0 aliphatic carbocycles. The summed E-state index contributed by atoms with van der Waals surface area (Å²) in [6.45, 7) is 0.680. The van der Waals surface area contributed by atoms with Crippen molar-refractivity contribution in [2.45, 2.75) is 38.4 Å². The van der Waals surface area contributed by atoms with E-state index in [4.69, 9.17) is 14.0 Å². The zero-order valence-corrected chi connectivity index (χ0v) is 12.9. The average Bonchev–Trinajstić information content (AvgIpc) is 3.09. The first-order valence-corrected chi connectivity index (χ1v) is 7.87. The van der Waals surface area contributed by atoms with Crippen LogP contribution in [0.4, 0.5) is 0 Å². The molecule has 1 aliphatic heterocycles. The molecule has 2 heterocycles. The summed E-state index contributed by atoms with van der Waals surface area (Å²) in [5, 5.41) is 0. The Morgan fingerprint density at radius 1 is 1.30 bits per heavy atom. The monoisotopic (exact) mass is 316 g/mol. The molecule has 1 atom stereocenters. The summed E-state index contributed by atoms with van der Waals surface area (Å²) in [5.41, 5.74) is 3.39. The number of amides is 1. The Hall–Kier alpha value is -2.18. The molecule has 3 rings (SSSR count). The maximum atomic E-state index is 11.8. The van der Waals surface area contributed by atoms with Crippen molar-refractivity contribution in [3.63, 3.8) is 0 Å². The van der Waals surface area contributed by atoms with Crippen LogP contribution in [0.1, 0.15) is 31.6 Å². The van der Waals surface area contributed by atoms with Gasteiger partial charge in [0, 0.05) is 31.4 Å². The lowest BCUT2D eigenvalue weighted by atomic mass is 10.2. The summed E-state index contributed by atoms with van der Waals surface area (Å²) in [4.78, 5) is 21.2. The molecular formula is C17H20N2O4. The van der Waals surface area contributed by atoms with Crippen LogP contribution in [0.15, 0.2) is 40.9 Å². The van der Waals surface area contributed by atoms with Crippen LogP contribution >= 0.6 is 0 Å². The van der Waals surface area contributed by atoms with Gasteiger partial charge in [0.15, 0.2) is 17.9 Å². The highest BCUT2D eigenvalue weighted by atomic mass is 16.8. The second kappa shape index (κ2) is 7.89. The summed E-state index contributed by atoms with van der Waals surface area (Å²) in [6.07, 6.45) is 4.92. The van der Waals surface area contributed by atoms with E-state index in [1.807, 2.05) is 30.3 Å². The number of oxazole rings is 1. The summed E-state index contributed by atoms with van der Waals surface area (Å²) >= 11 is 0. The number of aryl methyl sites for hydroxylation is 1. The zero-order chi connectivity index (χ0) is 15.9. The minimum atomic E-state index is -0.334. The standard InChI is InChI=1S/C17H20N2O4/c20-15(19-23-17-8-4-5-11-21-17)9-10-16-18-12-14(22-16)13-6-2-1-3-7-13/h1-3,6-7,12,17H,4-5,8-11H2,(H,19,20)/t17-/m1/s1. The van der Waals surface area contributed by atoms with Gasteiger partial charge < -0.3 is 9.15 Å². The topological polar surface area (TPSA) is 73.6 Å². The summed E-state index contributed by atoms with van der Waals surface area (Å²) in [5.74, 6) is 1.03. The zero-order valence-electron chi connectivity index (χ0n) is 12.9. The highest BCUT2D eigenvalue weighted by Crippen LogP contribution is 2.20. The molecule has 0 spiro atoms. The van der Waals surface area contributed by atoms with E-state index < -0.39 is 0 Å². The molecule has 6 heteroatoms. The molecule has 2 aromatic rings. The summed E-state index contributed by atoms with van der Waals surface area (Å²) < 4.78 is 11.0. The molecule has 1 saturated heterocycles. The van der Waals surface area contributed by atoms with Gasteiger partial charge in [-0.1, -0.05) is 30.3 Å². The van der Waals surface area contributed by atoms with Gasteiger partial charge in [-0.05, 0) is 12.8 Å². The van der Waals surface area contributed by atoms with Crippen molar-refractivity contribution in [3.05, 3.63) is 42.4 Å². The lowest BCUT2D eigenvalue weighted by Gasteiger charge is -2.21. The lowest BCUT2D eigenvalue weighted by Crippen LogP contribution is -2.33. The fraction of sp³-hybridized carbons (Fsp3) is 0.412. The first kappa shape index (κ1) is 15.7. The van der Waals surface area contributed by atoms with Crippen LogP contribution in [0.25, 0.3) is 11.3 Å². The molecule has 1 N–H and O–H groups in total. The van der Waals surface area contributed by atoms with Gasteiger partial charge >= 0.3 is 0 Å². The molecule has 1 aliphatic rings. The first-order valence-electron chi connectivity index (χ1n) is 7.87. The first-order chi connectivity index (χ1) is 11.3. The molecule has 1 amide bonds. The molecule has 1 aromatic heterocycles. The van der Waals surface area contributed by atoms with Crippen molar-refractivity contribution in [1.82, 2.24) is 10.5 Å². The van der Waals surface area contributed by atoms with Gasteiger partial charge in [-0.25, -0.2) is 15.3 Å². The fourth-order valence-electron chi connectivity index (χ4n) is 2.37. The van der Waals surface area contributed by atoms with E-state index in [1.165, 1.54) is 0 Å². The van der Waals surface area contributed by atoms with Crippen molar-refractivity contribution in [2.24, 2.45) is 0 Å². The highest BCUT2D eigenvalue weighted by molar-refractivity contribution is 5.74. The molecule has 0 unspecified atom stereocenters. The number of hydrogen-bond acceptors (Lipinski definition) is 5. The molecule has 1 aromatic carbocycles. The SMILES string of the molecule is O=C(CCc1ncc(-c2ccccc2)o1)NO[C@@H]1CCCCO1. The van der Waals surface area contributed by atoms with Crippen LogP contribution in [0.3, 0.4) is 0 Å². The average molecular weight is 316 g/mol. The molecule has 122 valence electrons. The van der Waals surface area contributed by atoms with Crippen LogP contribution in [0.5, 0.6) is 0 Å². The van der Waals surface area contributed by atoms with Crippen LogP contribution in [-0.2, 0) is 20.8 Å². The van der Waals surface area contributed by atoms with E-state index in [2.05, 4.69) is 10.5 Å². The minimum Gasteiger partial charge on any atom is -0.441 e. The third-order valence-electron chi connectivity index (χ3n) is 3.62. The molecule has 0 bridgehead atoms. The van der Waals surface area contributed by atoms with E-state index in [-0.39, 0.29) is 18.6 Å². The molecule has 23 heavy (non-hydrogen) atoms. The Kier molecular flexibility index (Phi) is 5.39.